The van der Waals surface area contributed by atoms with E-state index in [0.29, 0.717) is 28.0 Å². The van der Waals surface area contributed by atoms with Gasteiger partial charge < -0.3 is 13.9 Å². The first-order valence-corrected chi connectivity index (χ1v) is 6.97. The molecule has 5 heteroatoms. The number of carbonyl (C=O) groups excluding carboxylic acids is 1. The molecular weight excluding hydrogens is 296 g/mol. The largest absolute Gasteiger partial charge is 0.497 e. The number of hydrogen-bond acceptors (Lipinski definition) is 5. The molecule has 1 heterocycles. The van der Waals surface area contributed by atoms with Crippen LogP contribution in [0, 0.1) is 6.92 Å². The molecule has 0 saturated heterocycles. The molecule has 1 aromatic heterocycles. The maximum atomic E-state index is 12.1. The molecule has 0 aliphatic rings. The normalized spacial score (nSPS) is 10.5. The van der Waals surface area contributed by atoms with Crippen molar-refractivity contribution in [2.45, 2.75) is 6.92 Å². The molecule has 0 bridgehead atoms. The molecule has 0 N–H and O–H groups in total. The lowest BCUT2D eigenvalue weighted by atomic mass is 10.2. The van der Waals surface area contributed by atoms with Gasteiger partial charge >= 0.3 is 5.97 Å². The fraction of sp³-hybridized carbons (Fsp3) is 0.111. The summed E-state index contributed by atoms with van der Waals surface area (Å²) in [5, 5.41) is 0.371. The smallest absolute Gasteiger partial charge is 0.343 e. The van der Waals surface area contributed by atoms with Gasteiger partial charge in [-0.15, -0.1) is 0 Å². The van der Waals surface area contributed by atoms with Crippen LogP contribution in [0.4, 0.5) is 0 Å². The van der Waals surface area contributed by atoms with Crippen molar-refractivity contribution >= 4 is 16.9 Å². The highest BCUT2D eigenvalue weighted by Gasteiger charge is 2.11. The van der Waals surface area contributed by atoms with Crippen LogP contribution in [0.5, 0.6) is 11.5 Å². The second kappa shape index (κ2) is 5.96. The fourth-order valence-corrected chi connectivity index (χ4v) is 2.21. The van der Waals surface area contributed by atoms with Crippen LogP contribution in [0.2, 0.25) is 0 Å². The summed E-state index contributed by atoms with van der Waals surface area (Å²) in [5.41, 5.74) is 0.673. The molecule has 0 spiro atoms. The van der Waals surface area contributed by atoms with Crippen molar-refractivity contribution in [3.05, 3.63) is 70.1 Å². The van der Waals surface area contributed by atoms with Gasteiger partial charge in [0.05, 0.1) is 18.1 Å². The van der Waals surface area contributed by atoms with Crippen LogP contribution in [-0.4, -0.2) is 13.1 Å². The first-order chi connectivity index (χ1) is 11.1. The van der Waals surface area contributed by atoms with Crippen LogP contribution >= 0.6 is 0 Å². The highest BCUT2D eigenvalue weighted by Crippen LogP contribution is 2.21. The minimum atomic E-state index is -0.511. The number of benzene rings is 2. The number of methoxy groups -OCH3 is 1. The van der Waals surface area contributed by atoms with Gasteiger partial charge in [0.25, 0.3) is 0 Å². The minimum absolute atomic E-state index is 0.175. The van der Waals surface area contributed by atoms with Crippen molar-refractivity contribution in [2.75, 3.05) is 7.11 Å². The Morgan fingerprint density at radius 2 is 1.70 bits per heavy atom. The summed E-state index contributed by atoms with van der Waals surface area (Å²) in [6.45, 7) is 1.71. The summed E-state index contributed by atoms with van der Waals surface area (Å²) >= 11 is 0. The maximum Gasteiger partial charge on any atom is 0.343 e. The quantitative estimate of drug-likeness (QED) is 0.548. The van der Waals surface area contributed by atoms with Gasteiger partial charge in [0.15, 0.2) is 5.43 Å². The standard InChI is InChI=1S/C18H14O5/c1-11-9-16(19)15-10-14(7-8-17(15)22-11)23-18(20)12-3-5-13(21-2)6-4-12/h3-10H,1-2H3. The molecule has 116 valence electrons. The Bertz CT molecular complexity index is 922. The van der Waals surface area contributed by atoms with E-state index in [-0.39, 0.29) is 11.2 Å². The average molecular weight is 310 g/mol. The van der Waals surface area contributed by atoms with Crippen molar-refractivity contribution < 1.29 is 18.7 Å². The van der Waals surface area contributed by atoms with Gasteiger partial charge in [0.1, 0.15) is 22.8 Å². The molecule has 0 fully saturated rings. The third-order valence-corrected chi connectivity index (χ3v) is 3.36. The first-order valence-electron chi connectivity index (χ1n) is 6.97. The summed E-state index contributed by atoms with van der Waals surface area (Å²) in [7, 11) is 1.55. The Balaban J connectivity index is 1.88. The number of esters is 1. The first kappa shape index (κ1) is 14.8. The molecule has 0 aliphatic carbocycles. The molecule has 3 aromatic rings. The Hall–Kier alpha value is -3.08. The highest BCUT2D eigenvalue weighted by atomic mass is 16.5. The third-order valence-electron chi connectivity index (χ3n) is 3.36. The van der Waals surface area contributed by atoms with E-state index < -0.39 is 5.97 Å². The molecule has 0 unspecified atom stereocenters. The summed E-state index contributed by atoms with van der Waals surface area (Å²) in [6, 6.07) is 12.7. The molecule has 5 nitrogen and oxygen atoms in total. The lowest BCUT2D eigenvalue weighted by Gasteiger charge is -2.06. The van der Waals surface area contributed by atoms with Gasteiger partial charge in [-0.2, -0.15) is 0 Å². The maximum absolute atomic E-state index is 12.1. The fourth-order valence-electron chi connectivity index (χ4n) is 2.21. The summed E-state index contributed by atoms with van der Waals surface area (Å²) in [5.74, 6) is 0.962. The zero-order valence-corrected chi connectivity index (χ0v) is 12.7. The van der Waals surface area contributed by atoms with E-state index in [9.17, 15) is 9.59 Å². The molecule has 0 amide bonds. The van der Waals surface area contributed by atoms with Crippen LogP contribution in [-0.2, 0) is 0 Å². The Labute approximate surface area is 132 Å². The molecule has 0 saturated carbocycles. The summed E-state index contributed by atoms with van der Waals surface area (Å²) in [4.78, 5) is 24.1. The van der Waals surface area contributed by atoms with Crippen LogP contribution < -0.4 is 14.9 Å². The molecule has 0 radical (unpaired) electrons. The number of aryl methyl sites for hydroxylation is 1. The SMILES string of the molecule is COc1ccc(C(=O)Oc2ccc3oc(C)cc(=O)c3c2)cc1. The van der Waals surface area contributed by atoms with Crippen molar-refractivity contribution in [1.29, 1.82) is 0 Å². The van der Waals surface area contributed by atoms with Gasteiger partial charge in [-0.3, -0.25) is 4.79 Å². The van der Waals surface area contributed by atoms with E-state index >= 15 is 0 Å². The van der Waals surface area contributed by atoms with Gasteiger partial charge in [-0.1, -0.05) is 0 Å². The summed E-state index contributed by atoms with van der Waals surface area (Å²) < 4.78 is 15.8. The molecular formula is C18H14O5. The predicted octanol–water partition coefficient (Wildman–Crippen LogP) is 3.33. The van der Waals surface area contributed by atoms with Crippen LogP contribution in [0.15, 0.2) is 57.7 Å². The Morgan fingerprint density at radius 3 is 2.39 bits per heavy atom. The van der Waals surface area contributed by atoms with E-state index in [2.05, 4.69) is 0 Å². The van der Waals surface area contributed by atoms with Gasteiger partial charge in [-0.05, 0) is 49.4 Å². The zero-order chi connectivity index (χ0) is 16.4. The van der Waals surface area contributed by atoms with Crippen LogP contribution in [0.3, 0.4) is 0 Å². The van der Waals surface area contributed by atoms with Gasteiger partial charge in [-0.25, -0.2) is 4.79 Å². The zero-order valence-electron chi connectivity index (χ0n) is 12.7. The van der Waals surface area contributed by atoms with E-state index in [1.807, 2.05) is 0 Å². The molecule has 3 rings (SSSR count). The molecule has 0 aliphatic heterocycles. The number of hydrogen-bond donors (Lipinski definition) is 0. The Kier molecular flexibility index (Phi) is 3.85. The van der Waals surface area contributed by atoms with Crippen molar-refractivity contribution in [3.8, 4) is 11.5 Å². The van der Waals surface area contributed by atoms with Crippen LogP contribution in [0.1, 0.15) is 16.1 Å². The number of carbonyl (C=O) groups is 1. The van der Waals surface area contributed by atoms with Crippen molar-refractivity contribution in [2.24, 2.45) is 0 Å². The molecule has 0 atom stereocenters. The monoisotopic (exact) mass is 310 g/mol. The summed E-state index contributed by atoms with van der Waals surface area (Å²) in [6.07, 6.45) is 0. The molecule has 23 heavy (non-hydrogen) atoms. The third kappa shape index (κ3) is 3.08. The van der Waals surface area contributed by atoms with E-state index in [0.717, 1.165) is 0 Å². The number of fused-ring (bicyclic) bond motifs is 1. The van der Waals surface area contributed by atoms with E-state index in [4.69, 9.17) is 13.9 Å². The average Bonchev–Trinajstić information content (AvgIpc) is 2.55. The van der Waals surface area contributed by atoms with E-state index in [1.54, 1.807) is 50.4 Å². The van der Waals surface area contributed by atoms with Gasteiger partial charge in [0, 0.05) is 6.07 Å². The van der Waals surface area contributed by atoms with E-state index in [1.165, 1.54) is 12.1 Å². The highest BCUT2D eigenvalue weighted by molar-refractivity contribution is 5.91. The lowest BCUT2D eigenvalue weighted by Crippen LogP contribution is -2.09. The predicted molar refractivity (Wildman–Crippen MR) is 85.2 cm³/mol. The van der Waals surface area contributed by atoms with Crippen LogP contribution in [0.25, 0.3) is 11.0 Å². The Morgan fingerprint density at radius 1 is 1.00 bits per heavy atom. The second-order valence-electron chi connectivity index (χ2n) is 5.00. The number of ether oxygens (including phenoxy) is 2. The van der Waals surface area contributed by atoms with Gasteiger partial charge in [0.2, 0.25) is 0 Å². The second-order valence-corrected chi connectivity index (χ2v) is 5.00. The lowest BCUT2D eigenvalue weighted by molar-refractivity contribution is 0.0735. The van der Waals surface area contributed by atoms with Crippen molar-refractivity contribution in [1.82, 2.24) is 0 Å². The number of rotatable bonds is 3. The minimum Gasteiger partial charge on any atom is -0.497 e. The van der Waals surface area contributed by atoms with Crippen molar-refractivity contribution in [3.63, 3.8) is 0 Å². The molecule has 2 aromatic carbocycles. The topological polar surface area (TPSA) is 65.7 Å².